The molecule has 4 rings (SSSR count). The normalized spacial score (nSPS) is 12.8. The Morgan fingerprint density at radius 3 is 2.81 bits per heavy atom. The molecule has 0 amide bonds. The van der Waals surface area contributed by atoms with E-state index in [4.69, 9.17) is 0 Å². The fraction of sp³-hybridized carbons (Fsp3) is 0.0667. The van der Waals surface area contributed by atoms with Gasteiger partial charge in [0.1, 0.15) is 0 Å². The second-order valence-corrected chi connectivity index (χ2v) is 5.21. The van der Waals surface area contributed by atoms with E-state index in [1.807, 2.05) is 11.3 Å². The van der Waals surface area contributed by atoms with Crippen molar-refractivity contribution in [3.8, 4) is 11.1 Å². The number of hydrogen-bond acceptors (Lipinski definition) is 1. The van der Waals surface area contributed by atoms with Crippen molar-refractivity contribution in [1.82, 2.24) is 0 Å². The Balaban J connectivity index is 2.13. The van der Waals surface area contributed by atoms with Crippen molar-refractivity contribution < 1.29 is 0 Å². The molecule has 1 aliphatic carbocycles. The minimum absolute atomic E-state index is 1.10. The van der Waals surface area contributed by atoms with Crippen molar-refractivity contribution >= 4 is 21.4 Å². The van der Waals surface area contributed by atoms with Crippen LogP contribution in [0, 0.1) is 0 Å². The SMILES string of the molecule is c1ccc2c(c1)Cc1c-2ccc2sccc12. The quantitative estimate of drug-likeness (QED) is 0.411. The number of benzene rings is 2. The summed E-state index contributed by atoms with van der Waals surface area (Å²) in [5, 5.41) is 3.63. The maximum Gasteiger partial charge on any atom is 0.0346 e. The molecule has 2 aromatic carbocycles. The van der Waals surface area contributed by atoms with Gasteiger partial charge in [-0.25, -0.2) is 0 Å². The first-order valence-corrected chi connectivity index (χ1v) is 6.39. The smallest absolute Gasteiger partial charge is 0.0346 e. The van der Waals surface area contributed by atoms with Crippen molar-refractivity contribution in [1.29, 1.82) is 0 Å². The Labute approximate surface area is 98.2 Å². The molecule has 0 nitrogen and oxygen atoms in total. The minimum Gasteiger partial charge on any atom is -0.144 e. The fourth-order valence-corrected chi connectivity index (χ4v) is 3.49. The molecule has 0 saturated carbocycles. The molecule has 0 bridgehead atoms. The van der Waals surface area contributed by atoms with E-state index >= 15 is 0 Å². The lowest BCUT2D eigenvalue weighted by atomic mass is 10.0. The summed E-state index contributed by atoms with van der Waals surface area (Å²) in [6, 6.07) is 15.5. The van der Waals surface area contributed by atoms with Gasteiger partial charge in [0, 0.05) is 4.70 Å². The Bertz CT molecular complexity index is 691. The van der Waals surface area contributed by atoms with Gasteiger partial charge in [-0.2, -0.15) is 0 Å². The van der Waals surface area contributed by atoms with Crippen molar-refractivity contribution in [2.24, 2.45) is 0 Å². The number of fused-ring (bicyclic) bond motifs is 5. The Kier molecular flexibility index (Phi) is 1.58. The van der Waals surface area contributed by atoms with Gasteiger partial charge in [0.25, 0.3) is 0 Å². The Hall–Kier alpha value is -1.60. The van der Waals surface area contributed by atoms with Crippen LogP contribution in [0.2, 0.25) is 0 Å². The van der Waals surface area contributed by atoms with E-state index in [1.54, 1.807) is 0 Å². The molecule has 0 unspecified atom stereocenters. The first-order valence-electron chi connectivity index (χ1n) is 5.51. The molecule has 1 aromatic heterocycles. The highest BCUT2D eigenvalue weighted by molar-refractivity contribution is 7.17. The maximum absolute atomic E-state index is 2.28. The lowest BCUT2D eigenvalue weighted by molar-refractivity contribution is 1.29. The van der Waals surface area contributed by atoms with Gasteiger partial charge in [-0.1, -0.05) is 30.3 Å². The summed E-state index contributed by atoms with van der Waals surface area (Å²) in [6.45, 7) is 0. The molecule has 1 aliphatic rings. The largest absolute Gasteiger partial charge is 0.144 e. The molecule has 0 radical (unpaired) electrons. The van der Waals surface area contributed by atoms with E-state index in [1.165, 1.54) is 32.3 Å². The highest BCUT2D eigenvalue weighted by Gasteiger charge is 2.19. The molecule has 16 heavy (non-hydrogen) atoms. The van der Waals surface area contributed by atoms with Gasteiger partial charge in [0.2, 0.25) is 0 Å². The standard InChI is InChI=1S/C15H10S/c1-2-4-11-10(3-1)9-14-12(11)5-6-15-13(14)7-8-16-15/h1-8H,9H2. The first-order chi connectivity index (χ1) is 7.93. The van der Waals surface area contributed by atoms with Crippen molar-refractivity contribution in [3.63, 3.8) is 0 Å². The minimum atomic E-state index is 1.10. The maximum atomic E-state index is 2.28. The molecule has 0 spiro atoms. The van der Waals surface area contributed by atoms with Crippen LogP contribution in [0.1, 0.15) is 11.1 Å². The predicted molar refractivity (Wildman–Crippen MR) is 70.1 cm³/mol. The van der Waals surface area contributed by atoms with Gasteiger partial charge in [0.05, 0.1) is 0 Å². The zero-order chi connectivity index (χ0) is 10.5. The molecular weight excluding hydrogens is 212 g/mol. The van der Waals surface area contributed by atoms with Crippen LogP contribution in [0.15, 0.2) is 47.8 Å². The van der Waals surface area contributed by atoms with E-state index < -0.39 is 0 Å². The van der Waals surface area contributed by atoms with Crippen LogP contribution in [-0.2, 0) is 6.42 Å². The van der Waals surface area contributed by atoms with Gasteiger partial charge in [-0.05, 0) is 51.6 Å². The van der Waals surface area contributed by atoms with Crippen LogP contribution < -0.4 is 0 Å². The third-order valence-electron chi connectivity index (χ3n) is 3.42. The van der Waals surface area contributed by atoms with Gasteiger partial charge < -0.3 is 0 Å². The van der Waals surface area contributed by atoms with E-state index in [0.717, 1.165) is 6.42 Å². The van der Waals surface area contributed by atoms with Crippen molar-refractivity contribution in [2.45, 2.75) is 6.42 Å². The molecule has 1 heteroatoms. The number of rotatable bonds is 0. The fourth-order valence-electron chi connectivity index (χ4n) is 2.67. The van der Waals surface area contributed by atoms with Crippen molar-refractivity contribution in [2.75, 3.05) is 0 Å². The summed E-state index contributed by atoms with van der Waals surface area (Å²) in [7, 11) is 0. The van der Waals surface area contributed by atoms with Crippen LogP contribution in [0.3, 0.4) is 0 Å². The van der Waals surface area contributed by atoms with E-state index in [2.05, 4.69) is 47.8 Å². The highest BCUT2D eigenvalue weighted by atomic mass is 32.1. The zero-order valence-electron chi connectivity index (χ0n) is 8.73. The first kappa shape index (κ1) is 8.54. The van der Waals surface area contributed by atoms with Crippen LogP contribution in [0.5, 0.6) is 0 Å². The zero-order valence-corrected chi connectivity index (χ0v) is 9.55. The van der Waals surface area contributed by atoms with Crippen LogP contribution in [-0.4, -0.2) is 0 Å². The van der Waals surface area contributed by atoms with Gasteiger partial charge in [-0.3, -0.25) is 0 Å². The van der Waals surface area contributed by atoms with Crippen LogP contribution in [0.4, 0.5) is 0 Å². The van der Waals surface area contributed by atoms with Crippen LogP contribution in [0.25, 0.3) is 21.2 Å². The highest BCUT2D eigenvalue weighted by Crippen LogP contribution is 2.41. The van der Waals surface area contributed by atoms with Crippen molar-refractivity contribution in [3.05, 3.63) is 59.0 Å². The summed E-state index contributed by atoms with van der Waals surface area (Å²) in [5.41, 5.74) is 5.84. The van der Waals surface area contributed by atoms with Gasteiger partial charge in [-0.15, -0.1) is 11.3 Å². The molecule has 0 atom stereocenters. The number of hydrogen-bond donors (Lipinski definition) is 0. The lowest BCUT2D eigenvalue weighted by Gasteiger charge is -2.01. The van der Waals surface area contributed by atoms with E-state index in [0.29, 0.717) is 0 Å². The van der Waals surface area contributed by atoms with Crippen LogP contribution >= 0.6 is 11.3 Å². The molecule has 76 valence electrons. The second-order valence-electron chi connectivity index (χ2n) is 4.26. The third kappa shape index (κ3) is 0.987. The predicted octanol–water partition coefficient (Wildman–Crippen LogP) is 4.47. The Morgan fingerprint density at radius 2 is 1.81 bits per heavy atom. The summed E-state index contributed by atoms with van der Waals surface area (Å²) in [4.78, 5) is 0. The van der Waals surface area contributed by atoms with E-state index in [9.17, 15) is 0 Å². The molecule has 3 aromatic rings. The topological polar surface area (TPSA) is 0 Å². The average molecular weight is 222 g/mol. The molecule has 1 heterocycles. The molecule has 0 fully saturated rings. The molecule has 0 N–H and O–H groups in total. The number of thiophene rings is 1. The summed E-state index contributed by atoms with van der Waals surface area (Å²) in [6.07, 6.45) is 1.10. The third-order valence-corrected chi connectivity index (χ3v) is 4.30. The molecular formula is C15H10S. The van der Waals surface area contributed by atoms with Gasteiger partial charge >= 0.3 is 0 Å². The van der Waals surface area contributed by atoms with Gasteiger partial charge in [0.15, 0.2) is 0 Å². The summed E-state index contributed by atoms with van der Waals surface area (Å²) >= 11 is 1.83. The summed E-state index contributed by atoms with van der Waals surface area (Å²) < 4.78 is 1.41. The Morgan fingerprint density at radius 1 is 0.875 bits per heavy atom. The monoisotopic (exact) mass is 222 g/mol. The lowest BCUT2D eigenvalue weighted by Crippen LogP contribution is -1.80. The second kappa shape index (κ2) is 2.96. The average Bonchev–Trinajstić information content (AvgIpc) is 2.92. The van der Waals surface area contributed by atoms with E-state index in [-0.39, 0.29) is 0 Å². The molecule has 0 saturated heterocycles. The summed E-state index contributed by atoms with van der Waals surface area (Å²) in [5.74, 6) is 0. The molecule has 0 aliphatic heterocycles.